The van der Waals surface area contributed by atoms with Crippen LogP contribution < -0.4 is 10.1 Å². The first kappa shape index (κ1) is 15.9. The van der Waals surface area contributed by atoms with Crippen LogP contribution in [-0.2, 0) is 6.54 Å². The normalized spacial score (nSPS) is 10.2. The Labute approximate surface area is 137 Å². The summed E-state index contributed by atoms with van der Waals surface area (Å²) in [6, 6.07) is 12.8. The molecule has 2 rings (SSSR count). The van der Waals surface area contributed by atoms with Crippen molar-refractivity contribution >= 4 is 33.4 Å². The van der Waals surface area contributed by atoms with Crippen molar-refractivity contribution in [3.63, 3.8) is 0 Å². The van der Waals surface area contributed by atoms with Crippen molar-refractivity contribution in [3.8, 4) is 5.75 Å². The second kappa shape index (κ2) is 7.48. The van der Waals surface area contributed by atoms with E-state index in [4.69, 9.17) is 16.3 Å². The highest BCUT2D eigenvalue weighted by Crippen LogP contribution is 2.23. The van der Waals surface area contributed by atoms with E-state index in [-0.39, 0.29) is 5.91 Å². The lowest BCUT2D eigenvalue weighted by molar-refractivity contribution is 0.0947. The van der Waals surface area contributed by atoms with E-state index in [1.807, 2.05) is 31.2 Å². The third-order valence-electron chi connectivity index (χ3n) is 2.88. The summed E-state index contributed by atoms with van der Waals surface area (Å²) in [4.78, 5) is 12.3. The summed E-state index contributed by atoms with van der Waals surface area (Å²) in [5.74, 6) is 0.372. The predicted octanol–water partition coefficient (Wildman–Crippen LogP) is 4.43. The van der Waals surface area contributed by atoms with E-state index in [1.54, 1.807) is 18.2 Å². The molecule has 0 bridgehead atoms. The smallest absolute Gasteiger partial charge is 0.255 e. The maximum absolute atomic E-state index is 12.3. The van der Waals surface area contributed by atoms with Gasteiger partial charge in [0.2, 0.25) is 0 Å². The van der Waals surface area contributed by atoms with Gasteiger partial charge in [-0.1, -0.05) is 45.7 Å². The van der Waals surface area contributed by atoms with Gasteiger partial charge in [-0.2, -0.15) is 0 Å². The monoisotopic (exact) mass is 367 g/mol. The van der Waals surface area contributed by atoms with Gasteiger partial charge >= 0.3 is 0 Å². The Balaban J connectivity index is 2.13. The van der Waals surface area contributed by atoms with E-state index < -0.39 is 0 Å². The Morgan fingerprint density at radius 2 is 2.05 bits per heavy atom. The lowest BCUT2D eigenvalue weighted by Gasteiger charge is -2.11. The standard InChI is InChI=1S/C16H15BrClNO2/c1-2-21-15-8-7-12(17)9-13(15)16(20)19-10-11-5-3-4-6-14(11)18/h3-9H,2,10H2,1H3,(H,19,20). The van der Waals surface area contributed by atoms with Crippen LogP contribution in [0.3, 0.4) is 0 Å². The van der Waals surface area contributed by atoms with Gasteiger partial charge in [-0.3, -0.25) is 4.79 Å². The van der Waals surface area contributed by atoms with E-state index in [0.29, 0.717) is 29.5 Å². The van der Waals surface area contributed by atoms with Crippen molar-refractivity contribution in [1.82, 2.24) is 5.32 Å². The van der Waals surface area contributed by atoms with Crippen molar-refractivity contribution in [2.75, 3.05) is 6.61 Å². The average molecular weight is 369 g/mol. The summed E-state index contributed by atoms with van der Waals surface area (Å²) in [6.45, 7) is 2.76. The number of benzene rings is 2. The number of halogens is 2. The molecule has 3 nitrogen and oxygen atoms in total. The molecule has 0 atom stereocenters. The van der Waals surface area contributed by atoms with E-state index in [9.17, 15) is 4.79 Å². The number of carbonyl (C=O) groups is 1. The second-order valence-electron chi connectivity index (χ2n) is 4.35. The van der Waals surface area contributed by atoms with Crippen LogP contribution in [0.4, 0.5) is 0 Å². The molecule has 5 heteroatoms. The molecule has 0 aliphatic carbocycles. The molecule has 1 N–H and O–H groups in total. The largest absolute Gasteiger partial charge is 0.493 e. The quantitative estimate of drug-likeness (QED) is 0.848. The molecule has 0 radical (unpaired) electrons. The SMILES string of the molecule is CCOc1ccc(Br)cc1C(=O)NCc1ccccc1Cl. The molecular weight excluding hydrogens is 354 g/mol. The molecule has 21 heavy (non-hydrogen) atoms. The van der Waals surface area contributed by atoms with Gasteiger partial charge in [0.15, 0.2) is 0 Å². The summed E-state index contributed by atoms with van der Waals surface area (Å²) < 4.78 is 6.31. The first-order valence-electron chi connectivity index (χ1n) is 6.55. The topological polar surface area (TPSA) is 38.3 Å². The minimum atomic E-state index is -0.195. The molecule has 0 fully saturated rings. The van der Waals surface area contributed by atoms with Gasteiger partial charge in [0.25, 0.3) is 5.91 Å². The summed E-state index contributed by atoms with van der Waals surface area (Å²) in [7, 11) is 0. The van der Waals surface area contributed by atoms with E-state index >= 15 is 0 Å². The number of hydrogen-bond acceptors (Lipinski definition) is 2. The lowest BCUT2D eigenvalue weighted by atomic mass is 10.1. The molecule has 2 aromatic carbocycles. The minimum Gasteiger partial charge on any atom is -0.493 e. The highest BCUT2D eigenvalue weighted by Gasteiger charge is 2.13. The average Bonchev–Trinajstić information content (AvgIpc) is 2.48. The number of nitrogens with one attached hydrogen (secondary N) is 1. The molecule has 0 unspecified atom stereocenters. The van der Waals surface area contributed by atoms with Crippen LogP contribution in [0.5, 0.6) is 5.75 Å². The third kappa shape index (κ3) is 4.22. The van der Waals surface area contributed by atoms with Crippen molar-refractivity contribution in [1.29, 1.82) is 0 Å². The zero-order valence-corrected chi connectivity index (χ0v) is 13.9. The Bertz CT molecular complexity index is 646. The summed E-state index contributed by atoms with van der Waals surface area (Å²) in [6.07, 6.45) is 0. The molecule has 1 amide bonds. The fourth-order valence-electron chi connectivity index (χ4n) is 1.87. The summed E-state index contributed by atoms with van der Waals surface area (Å²) >= 11 is 9.44. The van der Waals surface area contributed by atoms with Crippen molar-refractivity contribution in [3.05, 3.63) is 63.1 Å². The maximum atomic E-state index is 12.3. The van der Waals surface area contributed by atoms with Gasteiger partial charge in [-0.25, -0.2) is 0 Å². The Morgan fingerprint density at radius 1 is 1.29 bits per heavy atom. The Morgan fingerprint density at radius 3 is 2.76 bits per heavy atom. The minimum absolute atomic E-state index is 0.195. The zero-order valence-electron chi connectivity index (χ0n) is 11.5. The van der Waals surface area contributed by atoms with Crippen LogP contribution >= 0.6 is 27.5 Å². The fourth-order valence-corrected chi connectivity index (χ4v) is 2.44. The van der Waals surface area contributed by atoms with Crippen LogP contribution in [0.1, 0.15) is 22.8 Å². The first-order chi connectivity index (χ1) is 10.1. The highest BCUT2D eigenvalue weighted by molar-refractivity contribution is 9.10. The van der Waals surface area contributed by atoms with Gasteiger partial charge in [0.05, 0.1) is 12.2 Å². The summed E-state index contributed by atoms with van der Waals surface area (Å²) in [5, 5.41) is 3.49. The molecule has 2 aromatic rings. The van der Waals surface area contributed by atoms with Gasteiger partial charge in [-0.05, 0) is 36.8 Å². The third-order valence-corrected chi connectivity index (χ3v) is 3.75. The van der Waals surface area contributed by atoms with Gasteiger partial charge < -0.3 is 10.1 Å². The van der Waals surface area contributed by atoms with Crippen molar-refractivity contribution in [2.45, 2.75) is 13.5 Å². The van der Waals surface area contributed by atoms with Gasteiger partial charge in [0, 0.05) is 16.0 Å². The van der Waals surface area contributed by atoms with Gasteiger partial charge in [0.1, 0.15) is 5.75 Å². The molecule has 0 aromatic heterocycles. The second-order valence-corrected chi connectivity index (χ2v) is 5.67. The van der Waals surface area contributed by atoms with E-state index in [1.165, 1.54) is 0 Å². The van der Waals surface area contributed by atoms with Gasteiger partial charge in [-0.15, -0.1) is 0 Å². The van der Waals surface area contributed by atoms with Crippen molar-refractivity contribution in [2.24, 2.45) is 0 Å². The zero-order chi connectivity index (χ0) is 15.2. The van der Waals surface area contributed by atoms with E-state index in [2.05, 4.69) is 21.2 Å². The van der Waals surface area contributed by atoms with Crippen LogP contribution in [0.25, 0.3) is 0 Å². The number of hydrogen-bond donors (Lipinski definition) is 1. The van der Waals surface area contributed by atoms with E-state index in [0.717, 1.165) is 10.0 Å². The first-order valence-corrected chi connectivity index (χ1v) is 7.73. The fraction of sp³-hybridized carbons (Fsp3) is 0.188. The summed E-state index contributed by atoms with van der Waals surface area (Å²) in [5.41, 5.74) is 1.37. The molecular formula is C16H15BrClNO2. The highest BCUT2D eigenvalue weighted by atomic mass is 79.9. The molecule has 0 aliphatic rings. The van der Waals surface area contributed by atoms with Crippen LogP contribution in [0.2, 0.25) is 5.02 Å². The van der Waals surface area contributed by atoms with Crippen LogP contribution in [-0.4, -0.2) is 12.5 Å². The van der Waals surface area contributed by atoms with Crippen LogP contribution in [0, 0.1) is 0 Å². The Kier molecular flexibility index (Phi) is 5.65. The van der Waals surface area contributed by atoms with Crippen molar-refractivity contribution < 1.29 is 9.53 Å². The molecule has 0 spiro atoms. The molecule has 0 saturated carbocycles. The maximum Gasteiger partial charge on any atom is 0.255 e. The number of ether oxygens (including phenoxy) is 1. The number of amides is 1. The molecule has 110 valence electrons. The molecule has 0 saturated heterocycles. The predicted molar refractivity (Wildman–Crippen MR) is 87.9 cm³/mol. The lowest BCUT2D eigenvalue weighted by Crippen LogP contribution is -2.23. The Hall–Kier alpha value is -1.52. The van der Waals surface area contributed by atoms with Crippen LogP contribution in [0.15, 0.2) is 46.9 Å². The molecule has 0 heterocycles. The number of rotatable bonds is 5. The molecule has 0 aliphatic heterocycles. The number of carbonyl (C=O) groups excluding carboxylic acids is 1.